The van der Waals surface area contributed by atoms with E-state index in [0.29, 0.717) is 18.7 Å². The average Bonchev–Trinajstić information content (AvgIpc) is 3.31. The zero-order valence-corrected chi connectivity index (χ0v) is 14.3. The van der Waals surface area contributed by atoms with Gasteiger partial charge in [-0.1, -0.05) is 18.2 Å². The Morgan fingerprint density at radius 3 is 3.00 bits per heavy atom. The van der Waals surface area contributed by atoms with Crippen LogP contribution >= 0.6 is 0 Å². The second kappa shape index (κ2) is 7.44. The first-order valence-electron chi connectivity index (χ1n) is 8.65. The van der Waals surface area contributed by atoms with Crippen LogP contribution in [0.4, 0.5) is 0 Å². The molecule has 1 aliphatic rings. The third-order valence-electron chi connectivity index (χ3n) is 4.31. The molecule has 2 aromatic heterocycles. The lowest BCUT2D eigenvalue weighted by molar-refractivity contribution is -0.121. The smallest absolute Gasteiger partial charge is 0.220 e. The number of tetrazole rings is 1. The van der Waals surface area contributed by atoms with Crippen LogP contribution in [0, 0.1) is 0 Å². The van der Waals surface area contributed by atoms with Crippen molar-refractivity contribution in [3.8, 4) is 5.69 Å². The highest BCUT2D eigenvalue weighted by Crippen LogP contribution is 2.10. The molecule has 0 saturated heterocycles. The van der Waals surface area contributed by atoms with Crippen LogP contribution in [0.5, 0.6) is 0 Å². The molecular formula is C17H20N8O. The summed E-state index contributed by atoms with van der Waals surface area (Å²) in [6, 6.07) is 11.7. The van der Waals surface area contributed by atoms with E-state index in [2.05, 4.69) is 37.3 Å². The van der Waals surface area contributed by atoms with Crippen LogP contribution in [0.3, 0.4) is 0 Å². The minimum Gasteiger partial charge on any atom is -0.349 e. The van der Waals surface area contributed by atoms with Gasteiger partial charge in [-0.15, -0.1) is 5.10 Å². The lowest BCUT2D eigenvalue weighted by Crippen LogP contribution is -2.28. The van der Waals surface area contributed by atoms with E-state index >= 15 is 0 Å². The molecule has 1 amide bonds. The summed E-state index contributed by atoms with van der Waals surface area (Å²) < 4.78 is 3.63. The molecule has 0 radical (unpaired) electrons. The molecule has 0 bridgehead atoms. The van der Waals surface area contributed by atoms with Crippen LogP contribution in [-0.4, -0.2) is 42.4 Å². The van der Waals surface area contributed by atoms with Gasteiger partial charge in [0.05, 0.1) is 30.2 Å². The van der Waals surface area contributed by atoms with Crippen LogP contribution in [0.25, 0.3) is 5.69 Å². The lowest BCUT2D eigenvalue weighted by atomic mass is 10.2. The van der Waals surface area contributed by atoms with E-state index in [1.165, 1.54) is 5.69 Å². The van der Waals surface area contributed by atoms with Gasteiger partial charge in [-0.05, 0) is 28.6 Å². The molecular weight excluding hydrogens is 332 g/mol. The predicted molar refractivity (Wildman–Crippen MR) is 93.3 cm³/mol. The number of carbonyl (C=O) groups is 1. The molecule has 0 saturated carbocycles. The van der Waals surface area contributed by atoms with E-state index in [0.717, 1.165) is 31.0 Å². The van der Waals surface area contributed by atoms with Crippen molar-refractivity contribution in [2.24, 2.45) is 0 Å². The molecule has 9 heteroatoms. The Kier molecular flexibility index (Phi) is 4.69. The summed E-state index contributed by atoms with van der Waals surface area (Å²) in [4.78, 5) is 12.2. The highest BCUT2D eigenvalue weighted by molar-refractivity contribution is 5.76. The van der Waals surface area contributed by atoms with Gasteiger partial charge in [-0.25, -0.2) is 0 Å². The highest BCUT2D eigenvalue weighted by Gasteiger charge is 2.13. The van der Waals surface area contributed by atoms with Gasteiger partial charge in [-0.3, -0.25) is 9.48 Å². The third-order valence-corrected chi connectivity index (χ3v) is 4.31. The maximum absolute atomic E-state index is 12.2. The molecule has 1 aliphatic heterocycles. The normalized spacial score (nSPS) is 13.4. The fourth-order valence-electron chi connectivity index (χ4n) is 2.97. The lowest BCUT2D eigenvalue weighted by Gasteiger charge is -2.13. The SMILES string of the molecule is O=C(CCc1cc2n(n1)CCNC2)NCc1nnnn1-c1ccccc1. The van der Waals surface area contributed by atoms with Crippen LogP contribution in [0.1, 0.15) is 23.6 Å². The fourth-order valence-corrected chi connectivity index (χ4v) is 2.97. The van der Waals surface area contributed by atoms with Crippen molar-refractivity contribution in [1.29, 1.82) is 0 Å². The summed E-state index contributed by atoms with van der Waals surface area (Å²) in [5, 5.41) is 22.4. The average molecular weight is 352 g/mol. The summed E-state index contributed by atoms with van der Waals surface area (Å²) in [6.45, 7) is 2.93. The van der Waals surface area contributed by atoms with E-state index in [1.807, 2.05) is 35.0 Å². The maximum atomic E-state index is 12.2. The number of para-hydroxylation sites is 1. The Balaban J connectivity index is 1.31. The fraction of sp³-hybridized carbons (Fsp3) is 0.353. The van der Waals surface area contributed by atoms with Crippen LogP contribution in [-0.2, 0) is 30.8 Å². The molecule has 9 nitrogen and oxygen atoms in total. The quantitative estimate of drug-likeness (QED) is 0.657. The number of nitrogens with one attached hydrogen (secondary N) is 2. The molecule has 3 aromatic rings. The molecule has 4 rings (SSSR count). The first kappa shape index (κ1) is 16.4. The van der Waals surface area contributed by atoms with Gasteiger partial charge in [0.2, 0.25) is 5.91 Å². The van der Waals surface area contributed by atoms with Crippen molar-refractivity contribution < 1.29 is 4.79 Å². The Morgan fingerprint density at radius 2 is 2.15 bits per heavy atom. The minimum absolute atomic E-state index is 0.0447. The van der Waals surface area contributed by atoms with E-state index in [4.69, 9.17) is 0 Å². The van der Waals surface area contributed by atoms with Gasteiger partial charge in [0.25, 0.3) is 0 Å². The van der Waals surface area contributed by atoms with Crippen LogP contribution in [0.15, 0.2) is 36.4 Å². The highest BCUT2D eigenvalue weighted by atomic mass is 16.1. The number of hydrogen-bond acceptors (Lipinski definition) is 6. The Labute approximate surface area is 150 Å². The summed E-state index contributed by atoms with van der Waals surface area (Å²) in [5.74, 6) is 0.546. The molecule has 1 aromatic carbocycles. The molecule has 0 unspecified atom stereocenters. The molecule has 3 heterocycles. The summed E-state index contributed by atoms with van der Waals surface area (Å²) in [7, 11) is 0. The molecule has 0 spiro atoms. The van der Waals surface area contributed by atoms with Gasteiger partial charge >= 0.3 is 0 Å². The molecule has 26 heavy (non-hydrogen) atoms. The third kappa shape index (κ3) is 3.62. The molecule has 0 fully saturated rings. The minimum atomic E-state index is -0.0447. The van der Waals surface area contributed by atoms with E-state index in [9.17, 15) is 4.79 Å². The zero-order valence-electron chi connectivity index (χ0n) is 14.3. The maximum Gasteiger partial charge on any atom is 0.220 e. The van der Waals surface area contributed by atoms with Gasteiger partial charge in [-0.2, -0.15) is 9.78 Å². The number of rotatable bonds is 6. The van der Waals surface area contributed by atoms with Crippen LogP contribution in [0.2, 0.25) is 0 Å². The molecule has 2 N–H and O–H groups in total. The Morgan fingerprint density at radius 1 is 1.27 bits per heavy atom. The Bertz CT molecular complexity index is 862. The van der Waals surface area contributed by atoms with Crippen molar-refractivity contribution >= 4 is 5.91 Å². The number of aromatic nitrogens is 6. The standard InChI is InChI=1S/C17H20N8O/c26-17(7-6-13-10-15-11-18-8-9-24(15)21-13)19-12-16-20-22-23-25(16)14-4-2-1-3-5-14/h1-5,10,18H,6-9,11-12H2,(H,19,26). The second-order valence-corrected chi connectivity index (χ2v) is 6.15. The Hall–Kier alpha value is -3.07. The monoisotopic (exact) mass is 352 g/mol. The first-order chi connectivity index (χ1) is 12.8. The number of fused-ring (bicyclic) bond motifs is 1. The van der Waals surface area contributed by atoms with Gasteiger partial charge in [0.15, 0.2) is 5.82 Å². The number of carbonyl (C=O) groups excluding carboxylic acids is 1. The number of aryl methyl sites for hydroxylation is 1. The predicted octanol–water partition coefficient (Wildman–Crippen LogP) is 0.211. The largest absolute Gasteiger partial charge is 0.349 e. The van der Waals surface area contributed by atoms with E-state index in [1.54, 1.807) is 4.68 Å². The molecule has 134 valence electrons. The first-order valence-corrected chi connectivity index (χ1v) is 8.65. The van der Waals surface area contributed by atoms with Crippen molar-refractivity contribution in [1.82, 2.24) is 40.6 Å². The van der Waals surface area contributed by atoms with E-state index < -0.39 is 0 Å². The van der Waals surface area contributed by atoms with Crippen molar-refractivity contribution in [2.75, 3.05) is 6.54 Å². The topological polar surface area (TPSA) is 103 Å². The summed E-state index contributed by atoms with van der Waals surface area (Å²) >= 11 is 0. The van der Waals surface area contributed by atoms with Gasteiger partial charge < -0.3 is 10.6 Å². The van der Waals surface area contributed by atoms with Gasteiger partial charge in [0, 0.05) is 25.9 Å². The zero-order chi connectivity index (χ0) is 17.8. The van der Waals surface area contributed by atoms with Gasteiger partial charge in [0.1, 0.15) is 0 Å². The second-order valence-electron chi connectivity index (χ2n) is 6.15. The summed E-state index contributed by atoms with van der Waals surface area (Å²) in [5.41, 5.74) is 2.99. The van der Waals surface area contributed by atoms with Crippen molar-refractivity contribution in [2.45, 2.75) is 32.5 Å². The van der Waals surface area contributed by atoms with E-state index in [-0.39, 0.29) is 12.5 Å². The number of hydrogen-bond donors (Lipinski definition) is 2. The van der Waals surface area contributed by atoms with Crippen molar-refractivity contribution in [3.05, 3.63) is 53.6 Å². The molecule has 0 aliphatic carbocycles. The number of nitrogens with zero attached hydrogens (tertiary/aromatic N) is 6. The van der Waals surface area contributed by atoms with Crippen molar-refractivity contribution in [3.63, 3.8) is 0 Å². The number of amides is 1. The summed E-state index contributed by atoms with van der Waals surface area (Å²) in [6.07, 6.45) is 1.01. The molecule has 0 atom stereocenters. The number of benzene rings is 1. The van der Waals surface area contributed by atoms with Crippen LogP contribution < -0.4 is 10.6 Å².